The van der Waals surface area contributed by atoms with Crippen LogP contribution in [0.5, 0.6) is 0 Å². The molecule has 2 aromatic rings. The summed E-state index contributed by atoms with van der Waals surface area (Å²) in [4.78, 5) is 20.7. The van der Waals surface area contributed by atoms with E-state index in [0.717, 1.165) is 6.20 Å². The van der Waals surface area contributed by atoms with Crippen molar-refractivity contribution in [3.63, 3.8) is 0 Å². The van der Waals surface area contributed by atoms with Gasteiger partial charge in [0.05, 0.1) is 15.6 Å². The van der Waals surface area contributed by atoms with Crippen LogP contribution in [0.25, 0.3) is 10.4 Å². The third kappa shape index (κ3) is 3.32. The third-order valence-electron chi connectivity index (χ3n) is 2.56. The van der Waals surface area contributed by atoms with Gasteiger partial charge < -0.3 is 10.6 Å². The van der Waals surface area contributed by atoms with Crippen LogP contribution in [0, 0.1) is 10.1 Å². The minimum absolute atomic E-state index is 0.0757. The van der Waals surface area contributed by atoms with E-state index in [0.29, 0.717) is 10.7 Å². The van der Waals surface area contributed by atoms with Crippen molar-refractivity contribution < 1.29 is 4.92 Å². The van der Waals surface area contributed by atoms with Gasteiger partial charge in [-0.1, -0.05) is 16.7 Å². The van der Waals surface area contributed by atoms with E-state index in [-0.39, 0.29) is 23.1 Å². The van der Waals surface area contributed by atoms with Gasteiger partial charge in [-0.15, -0.1) is 0 Å². The fraction of sp³-hybridized carbons (Fsp3) is 0.0909. The van der Waals surface area contributed by atoms with Crippen molar-refractivity contribution in [2.24, 2.45) is 5.11 Å². The molecule has 2 rings (SSSR count). The normalized spacial score (nSPS) is 9.73. The summed E-state index contributed by atoms with van der Waals surface area (Å²) in [5.41, 5.74) is 8.98. The van der Waals surface area contributed by atoms with Crippen molar-refractivity contribution in [1.29, 1.82) is 0 Å². The monoisotopic (exact) mass is 320 g/mol. The number of hydrogen-bond acceptors (Lipinski definition) is 7. The summed E-state index contributed by atoms with van der Waals surface area (Å²) < 4.78 is 0. The zero-order valence-corrected chi connectivity index (χ0v) is 11.9. The number of hydrogen-bond donors (Lipinski definition) is 2. The molecule has 1 aromatic heterocycles. The van der Waals surface area contributed by atoms with Crippen LogP contribution in [0.15, 0.2) is 29.5 Å². The first kappa shape index (κ1) is 15.3. The average molecular weight is 321 g/mol. The molecular formula is C11H9ClN8O2. The number of azide groups is 1. The lowest BCUT2D eigenvalue weighted by Crippen LogP contribution is -2.04. The van der Waals surface area contributed by atoms with Gasteiger partial charge in [0.25, 0.3) is 0 Å². The number of anilines is 3. The van der Waals surface area contributed by atoms with E-state index in [4.69, 9.17) is 17.1 Å². The van der Waals surface area contributed by atoms with Crippen molar-refractivity contribution in [2.75, 3.05) is 17.7 Å². The van der Waals surface area contributed by atoms with Crippen LogP contribution in [0.2, 0.25) is 5.02 Å². The minimum atomic E-state index is -0.586. The van der Waals surface area contributed by atoms with Crippen molar-refractivity contribution in [3.05, 3.63) is 50.0 Å². The molecule has 0 saturated heterocycles. The molecule has 11 heteroatoms. The molecule has 1 heterocycles. The van der Waals surface area contributed by atoms with Crippen LogP contribution in [0.3, 0.4) is 0 Å². The van der Waals surface area contributed by atoms with Gasteiger partial charge in [-0.05, 0) is 23.7 Å². The first-order valence-electron chi connectivity index (χ1n) is 5.86. The molecular weight excluding hydrogens is 312 g/mol. The highest BCUT2D eigenvalue weighted by atomic mass is 35.5. The van der Waals surface area contributed by atoms with Gasteiger partial charge >= 0.3 is 5.69 Å². The largest absolute Gasteiger partial charge is 0.367 e. The molecule has 22 heavy (non-hydrogen) atoms. The predicted octanol–water partition coefficient (Wildman–Crippen LogP) is 3.77. The first-order chi connectivity index (χ1) is 10.5. The molecule has 2 N–H and O–H groups in total. The topological polar surface area (TPSA) is 142 Å². The van der Waals surface area contributed by atoms with Gasteiger partial charge in [-0.3, -0.25) is 10.1 Å². The van der Waals surface area contributed by atoms with Gasteiger partial charge in [-0.2, -0.15) is 4.98 Å². The SMILES string of the molecule is CNc1nc(Nc2ccc(Cl)c(N=[N+]=[N-])c2)ncc1[N+](=O)[O-]. The van der Waals surface area contributed by atoms with Crippen LogP contribution in [0.1, 0.15) is 0 Å². The lowest BCUT2D eigenvalue weighted by Gasteiger charge is -2.08. The maximum absolute atomic E-state index is 10.8. The summed E-state index contributed by atoms with van der Waals surface area (Å²) in [6, 6.07) is 4.67. The molecule has 10 nitrogen and oxygen atoms in total. The molecule has 0 fully saturated rings. The quantitative estimate of drug-likeness (QED) is 0.282. The minimum Gasteiger partial charge on any atom is -0.367 e. The van der Waals surface area contributed by atoms with Gasteiger partial charge in [-0.25, -0.2) is 4.98 Å². The zero-order valence-electron chi connectivity index (χ0n) is 11.2. The summed E-state index contributed by atoms with van der Waals surface area (Å²) in [6.45, 7) is 0. The van der Waals surface area contributed by atoms with E-state index in [1.165, 1.54) is 19.2 Å². The lowest BCUT2D eigenvalue weighted by molar-refractivity contribution is -0.384. The Morgan fingerprint density at radius 3 is 2.91 bits per heavy atom. The Morgan fingerprint density at radius 1 is 1.50 bits per heavy atom. The van der Waals surface area contributed by atoms with Crippen LogP contribution in [-0.4, -0.2) is 21.9 Å². The Kier molecular flexibility index (Phi) is 4.57. The summed E-state index contributed by atoms with van der Waals surface area (Å²) in [5.74, 6) is 0.218. The number of nitro groups is 1. The van der Waals surface area contributed by atoms with Crippen molar-refractivity contribution in [2.45, 2.75) is 0 Å². The maximum Gasteiger partial charge on any atom is 0.329 e. The van der Waals surface area contributed by atoms with Gasteiger partial charge in [0, 0.05) is 17.6 Å². The first-order valence-corrected chi connectivity index (χ1v) is 6.24. The molecule has 0 bridgehead atoms. The molecule has 0 aliphatic heterocycles. The summed E-state index contributed by atoms with van der Waals surface area (Å²) in [6.07, 6.45) is 1.09. The Labute approximate surface area is 128 Å². The van der Waals surface area contributed by atoms with Gasteiger partial charge in [0.1, 0.15) is 6.20 Å². The second kappa shape index (κ2) is 6.57. The standard InChI is InChI=1S/C11H9ClN8O2/c1-14-10-9(20(21)22)5-15-11(17-10)16-6-2-3-7(12)8(4-6)18-19-13/h2-5H,1H3,(H2,14,15,16,17). The van der Waals surface area contributed by atoms with Crippen LogP contribution in [-0.2, 0) is 0 Å². The summed E-state index contributed by atoms with van der Waals surface area (Å²) >= 11 is 5.87. The number of aromatic nitrogens is 2. The van der Waals surface area contributed by atoms with Crippen LogP contribution < -0.4 is 10.6 Å². The molecule has 0 aliphatic carbocycles. The fourth-order valence-corrected chi connectivity index (χ4v) is 1.75. The second-order valence-electron chi connectivity index (χ2n) is 3.92. The average Bonchev–Trinajstić information content (AvgIpc) is 2.50. The van der Waals surface area contributed by atoms with Crippen molar-refractivity contribution in [3.8, 4) is 0 Å². The number of rotatable bonds is 5. The molecule has 0 atom stereocenters. The number of halogens is 1. The Balaban J connectivity index is 2.33. The Bertz CT molecular complexity index is 775. The Morgan fingerprint density at radius 2 is 2.27 bits per heavy atom. The maximum atomic E-state index is 10.8. The van der Waals surface area contributed by atoms with E-state index in [2.05, 4.69) is 30.6 Å². The second-order valence-corrected chi connectivity index (χ2v) is 4.32. The molecule has 112 valence electrons. The highest BCUT2D eigenvalue weighted by molar-refractivity contribution is 6.33. The molecule has 0 radical (unpaired) electrons. The highest BCUT2D eigenvalue weighted by Crippen LogP contribution is 2.30. The molecule has 0 amide bonds. The highest BCUT2D eigenvalue weighted by Gasteiger charge is 2.16. The number of nitrogens with zero attached hydrogens (tertiary/aromatic N) is 6. The predicted molar refractivity (Wildman–Crippen MR) is 81.8 cm³/mol. The van der Waals surface area contributed by atoms with E-state index in [9.17, 15) is 10.1 Å². The zero-order chi connectivity index (χ0) is 16.1. The summed E-state index contributed by atoms with van der Waals surface area (Å²) in [5, 5.41) is 20.0. The Hall–Kier alpha value is -3.10. The summed E-state index contributed by atoms with van der Waals surface area (Å²) in [7, 11) is 1.52. The van der Waals surface area contributed by atoms with Crippen molar-refractivity contribution in [1.82, 2.24) is 9.97 Å². The van der Waals surface area contributed by atoms with E-state index >= 15 is 0 Å². The molecule has 1 aromatic carbocycles. The number of nitrogens with one attached hydrogen (secondary N) is 2. The smallest absolute Gasteiger partial charge is 0.329 e. The lowest BCUT2D eigenvalue weighted by atomic mass is 10.3. The van der Waals surface area contributed by atoms with Crippen molar-refractivity contribution >= 4 is 40.4 Å². The number of benzene rings is 1. The van der Waals surface area contributed by atoms with E-state index in [1.807, 2.05) is 0 Å². The molecule has 0 unspecified atom stereocenters. The molecule has 0 aliphatic rings. The van der Waals surface area contributed by atoms with Crippen LogP contribution in [0.4, 0.5) is 28.8 Å². The van der Waals surface area contributed by atoms with E-state index in [1.54, 1.807) is 6.07 Å². The fourth-order valence-electron chi connectivity index (χ4n) is 1.60. The third-order valence-corrected chi connectivity index (χ3v) is 2.88. The molecule has 0 saturated carbocycles. The molecule has 0 spiro atoms. The van der Waals surface area contributed by atoms with Gasteiger partial charge in [0.2, 0.25) is 11.8 Å². The van der Waals surface area contributed by atoms with Gasteiger partial charge in [0.15, 0.2) is 0 Å². The van der Waals surface area contributed by atoms with Crippen LogP contribution >= 0.6 is 11.6 Å². The van der Waals surface area contributed by atoms with E-state index < -0.39 is 4.92 Å².